The lowest BCUT2D eigenvalue weighted by Gasteiger charge is -2.36. The Hall–Kier alpha value is -2.63. The van der Waals surface area contributed by atoms with Crippen LogP contribution in [0, 0.1) is 0 Å². The summed E-state index contributed by atoms with van der Waals surface area (Å²) in [5, 5.41) is 7.84. The van der Waals surface area contributed by atoms with Crippen LogP contribution in [0.5, 0.6) is 0 Å². The third kappa shape index (κ3) is 4.58. The van der Waals surface area contributed by atoms with E-state index in [4.69, 9.17) is 5.10 Å². The summed E-state index contributed by atoms with van der Waals surface area (Å²) < 4.78 is 1.88. The van der Waals surface area contributed by atoms with Crippen LogP contribution in [-0.2, 0) is 27.0 Å². The number of carbonyl (C=O) groups is 2. The summed E-state index contributed by atoms with van der Waals surface area (Å²) in [4.78, 5) is 27.2. The van der Waals surface area contributed by atoms with Crippen LogP contribution in [0.4, 0.5) is 5.82 Å². The number of amides is 2. The van der Waals surface area contributed by atoms with Crippen molar-refractivity contribution in [2.75, 3.05) is 11.9 Å². The van der Waals surface area contributed by atoms with Gasteiger partial charge in [0.05, 0.1) is 23.7 Å². The first kappa shape index (κ1) is 22.1. The smallest absolute Gasteiger partial charge is 0.227 e. The Morgan fingerprint density at radius 2 is 1.80 bits per heavy atom. The van der Waals surface area contributed by atoms with E-state index in [0.29, 0.717) is 12.4 Å². The first-order valence-corrected chi connectivity index (χ1v) is 10.6. The quantitative estimate of drug-likeness (QED) is 0.815. The molecule has 3 rings (SSSR count). The predicted octanol–water partition coefficient (Wildman–Crippen LogP) is 4.41. The zero-order valence-electron chi connectivity index (χ0n) is 19.2. The Labute approximate surface area is 179 Å². The molecule has 1 atom stereocenters. The maximum absolute atomic E-state index is 13.1. The molecule has 0 bridgehead atoms. The third-order valence-corrected chi connectivity index (χ3v) is 5.58. The molecule has 1 unspecified atom stereocenters. The highest BCUT2D eigenvalue weighted by Gasteiger charge is 2.32. The van der Waals surface area contributed by atoms with Gasteiger partial charge in [-0.05, 0) is 38.3 Å². The van der Waals surface area contributed by atoms with E-state index in [1.165, 1.54) is 5.56 Å². The fourth-order valence-corrected chi connectivity index (χ4v) is 3.97. The molecule has 0 saturated heterocycles. The van der Waals surface area contributed by atoms with E-state index in [1.807, 2.05) is 33.8 Å². The van der Waals surface area contributed by atoms with Crippen LogP contribution in [0.15, 0.2) is 30.3 Å². The number of rotatable bonds is 3. The molecule has 1 aromatic heterocycles. The van der Waals surface area contributed by atoms with E-state index in [9.17, 15) is 9.59 Å². The van der Waals surface area contributed by atoms with Gasteiger partial charge in [0, 0.05) is 24.9 Å². The molecule has 1 aromatic carbocycles. The molecule has 30 heavy (non-hydrogen) atoms. The van der Waals surface area contributed by atoms with E-state index < -0.39 is 0 Å². The molecule has 0 radical (unpaired) electrons. The maximum Gasteiger partial charge on any atom is 0.227 e. The SMILES string of the molecule is CC(=O)N1CCc2ccccc2C1CC(=O)Nc1cc(C(C)(C)C)nn1C(C)(C)C. The van der Waals surface area contributed by atoms with Gasteiger partial charge in [0.15, 0.2) is 0 Å². The van der Waals surface area contributed by atoms with Crippen molar-refractivity contribution in [1.82, 2.24) is 14.7 Å². The minimum atomic E-state index is -0.269. The summed E-state index contributed by atoms with van der Waals surface area (Å²) in [6, 6.07) is 9.80. The molecule has 1 N–H and O–H groups in total. The summed E-state index contributed by atoms with van der Waals surface area (Å²) in [7, 11) is 0. The standard InChI is InChI=1S/C24H34N4O2/c1-16(29)27-13-12-17-10-8-9-11-18(17)19(27)14-22(30)25-21-15-20(23(2,3)4)26-28(21)24(5,6)7/h8-11,15,19H,12-14H2,1-7H3,(H,25,30). The summed E-state index contributed by atoms with van der Waals surface area (Å²) in [6.07, 6.45) is 1.04. The second-order valence-electron chi connectivity index (χ2n) is 10.2. The molecule has 0 spiro atoms. The Morgan fingerprint density at radius 1 is 1.13 bits per heavy atom. The molecular weight excluding hydrogens is 376 g/mol. The zero-order valence-corrected chi connectivity index (χ0v) is 19.2. The minimum Gasteiger partial charge on any atom is -0.335 e. The number of hydrogen-bond acceptors (Lipinski definition) is 3. The molecule has 2 aromatic rings. The number of nitrogens with zero attached hydrogens (tertiary/aromatic N) is 3. The second kappa shape index (κ2) is 7.89. The van der Waals surface area contributed by atoms with Crippen molar-refractivity contribution >= 4 is 17.6 Å². The summed E-state index contributed by atoms with van der Waals surface area (Å²) in [5.74, 6) is 0.571. The number of fused-ring (bicyclic) bond motifs is 1. The van der Waals surface area contributed by atoms with E-state index in [2.05, 4.69) is 52.9 Å². The van der Waals surface area contributed by atoms with Gasteiger partial charge in [-0.2, -0.15) is 5.10 Å². The Bertz CT molecular complexity index is 947. The van der Waals surface area contributed by atoms with E-state index in [-0.39, 0.29) is 35.2 Å². The lowest BCUT2D eigenvalue weighted by atomic mass is 9.90. The molecule has 2 heterocycles. The van der Waals surface area contributed by atoms with Crippen LogP contribution in [0.1, 0.15) is 77.7 Å². The number of carbonyl (C=O) groups excluding carboxylic acids is 2. The van der Waals surface area contributed by atoms with Gasteiger partial charge in [0.25, 0.3) is 0 Å². The average molecular weight is 411 g/mol. The highest BCUT2D eigenvalue weighted by Crippen LogP contribution is 2.33. The van der Waals surface area contributed by atoms with Crippen molar-refractivity contribution in [1.29, 1.82) is 0 Å². The molecule has 1 aliphatic heterocycles. The number of aromatic nitrogens is 2. The molecule has 2 amide bonds. The number of benzene rings is 1. The number of anilines is 1. The highest BCUT2D eigenvalue weighted by atomic mass is 16.2. The Kier molecular flexibility index (Phi) is 5.81. The van der Waals surface area contributed by atoms with Gasteiger partial charge in [-0.1, -0.05) is 45.0 Å². The van der Waals surface area contributed by atoms with Crippen LogP contribution < -0.4 is 5.32 Å². The lowest BCUT2D eigenvalue weighted by Crippen LogP contribution is -2.40. The number of hydrogen-bond donors (Lipinski definition) is 1. The van der Waals surface area contributed by atoms with Gasteiger partial charge in [0.2, 0.25) is 11.8 Å². The van der Waals surface area contributed by atoms with Gasteiger partial charge in [-0.3, -0.25) is 9.59 Å². The monoisotopic (exact) mass is 410 g/mol. The van der Waals surface area contributed by atoms with Gasteiger partial charge in [-0.25, -0.2) is 4.68 Å². The largest absolute Gasteiger partial charge is 0.335 e. The van der Waals surface area contributed by atoms with Crippen molar-refractivity contribution in [2.45, 2.75) is 78.3 Å². The molecule has 6 heteroatoms. The molecule has 0 aliphatic carbocycles. The van der Waals surface area contributed by atoms with Crippen LogP contribution in [-0.4, -0.2) is 33.0 Å². The Morgan fingerprint density at radius 3 is 2.40 bits per heavy atom. The first-order valence-electron chi connectivity index (χ1n) is 10.6. The van der Waals surface area contributed by atoms with Crippen molar-refractivity contribution in [2.24, 2.45) is 0 Å². The highest BCUT2D eigenvalue weighted by molar-refractivity contribution is 5.91. The predicted molar refractivity (Wildman–Crippen MR) is 119 cm³/mol. The van der Waals surface area contributed by atoms with Crippen molar-refractivity contribution < 1.29 is 9.59 Å². The fourth-order valence-electron chi connectivity index (χ4n) is 3.97. The molecule has 6 nitrogen and oxygen atoms in total. The van der Waals surface area contributed by atoms with Crippen LogP contribution >= 0.6 is 0 Å². The molecule has 0 saturated carbocycles. The van der Waals surface area contributed by atoms with E-state index in [1.54, 1.807) is 6.92 Å². The van der Waals surface area contributed by atoms with Crippen LogP contribution in [0.25, 0.3) is 0 Å². The molecule has 1 aliphatic rings. The summed E-state index contributed by atoms with van der Waals surface area (Å²) in [5.41, 5.74) is 2.82. The third-order valence-electron chi connectivity index (χ3n) is 5.58. The summed E-state index contributed by atoms with van der Waals surface area (Å²) in [6.45, 7) is 14.7. The first-order chi connectivity index (χ1) is 13.9. The van der Waals surface area contributed by atoms with E-state index in [0.717, 1.165) is 17.7 Å². The van der Waals surface area contributed by atoms with Gasteiger partial charge < -0.3 is 10.2 Å². The fraction of sp³-hybridized carbons (Fsp3) is 0.542. The Balaban J connectivity index is 1.88. The zero-order chi connectivity index (χ0) is 22.3. The van der Waals surface area contributed by atoms with Crippen LogP contribution in [0.2, 0.25) is 0 Å². The van der Waals surface area contributed by atoms with Gasteiger partial charge in [-0.15, -0.1) is 0 Å². The maximum atomic E-state index is 13.1. The molecule has 0 fully saturated rings. The topological polar surface area (TPSA) is 67.2 Å². The normalized spacial score (nSPS) is 16.9. The summed E-state index contributed by atoms with van der Waals surface area (Å²) >= 11 is 0. The van der Waals surface area contributed by atoms with Crippen molar-refractivity contribution in [3.05, 3.63) is 47.2 Å². The lowest BCUT2D eigenvalue weighted by molar-refractivity contribution is -0.132. The van der Waals surface area contributed by atoms with Crippen molar-refractivity contribution in [3.63, 3.8) is 0 Å². The van der Waals surface area contributed by atoms with Crippen molar-refractivity contribution in [3.8, 4) is 0 Å². The molecule has 162 valence electrons. The van der Waals surface area contributed by atoms with Gasteiger partial charge >= 0.3 is 0 Å². The van der Waals surface area contributed by atoms with Gasteiger partial charge in [0.1, 0.15) is 5.82 Å². The van der Waals surface area contributed by atoms with Crippen LogP contribution in [0.3, 0.4) is 0 Å². The average Bonchev–Trinajstić information content (AvgIpc) is 3.06. The van der Waals surface area contributed by atoms with E-state index >= 15 is 0 Å². The second-order valence-corrected chi connectivity index (χ2v) is 10.2. The molecular formula is C24H34N4O2. The minimum absolute atomic E-state index is 0.00273. The number of nitrogens with one attached hydrogen (secondary N) is 1.